The first-order valence-corrected chi connectivity index (χ1v) is 13.3. The first kappa shape index (κ1) is 23.0. The molecule has 0 saturated carbocycles. The number of hydrogen-bond acceptors (Lipinski definition) is 5. The lowest BCUT2D eigenvalue weighted by Crippen LogP contribution is -2.49. The predicted molar refractivity (Wildman–Crippen MR) is 132 cm³/mol. The molecule has 0 aliphatic carbocycles. The highest BCUT2D eigenvalue weighted by molar-refractivity contribution is 7.89. The number of sulfonamides is 1. The maximum atomic E-state index is 13.5. The summed E-state index contributed by atoms with van der Waals surface area (Å²) >= 11 is 1.64. The quantitative estimate of drug-likeness (QED) is 0.539. The van der Waals surface area contributed by atoms with Gasteiger partial charge in [-0.2, -0.15) is 4.31 Å². The summed E-state index contributed by atoms with van der Waals surface area (Å²) in [6.45, 7) is 12.1. The Labute approximate surface area is 195 Å². The minimum atomic E-state index is -3.52. The van der Waals surface area contributed by atoms with Gasteiger partial charge >= 0.3 is 0 Å². The number of nitrogens with zero attached hydrogens (tertiary/aromatic N) is 3. The molecule has 1 aromatic heterocycles. The molecular weight excluding hydrogens is 438 g/mol. The van der Waals surface area contributed by atoms with E-state index < -0.39 is 10.0 Å². The lowest BCUT2D eigenvalue weighted by atomic mass is 10.0. The van der Waals surface area contributed by atoms with E-state index in [1.165, 1.54) is 11.1 Å². The van der Waals surface area contributed by atoms with E-state index in [9.17, 15) is 8.42 Å². The fourth-order valence-corrected chi connectivity index (χ4v) is 7.13. The van der Waals surface area contributed by atoms with Crippen molar-refractivity contribution in [3.8, 4) is 0 Å². The average molecular weight is 470 g/mol. The first-order valence-electron chi connectivity index (χ1n) is 11.0. The third-order valence-electron chi connectivity index (χ3n) is 6.45. The van der Waals surface area contributed by atoms with Gasteiger partial charge in [-0.15, -0.1) is 11.3 Å². The number of benzene rings is 2. The van der Waals surface area contributed by atoms with E-state index in [4.69, 9.17) is 4.98 Å². The van der Waals surface area contributed by atoms with Crippen LogP contribution in [0.2, 0.25) is 0 Å². The van der Waals surface area contributed by atoms with Crippen molar-refractivity contribution < 1.29 is 8.42 Å². The van der Waals surface area contributed by atoms with Crippen molar-refractivity contribution in [1.29, 1.82) is 0 Å². The molecule has 3 aromatic rings. The van der Waals surface area contributed by atoms with Crippen LogP contribution >= 0.6 is 11.3 Å². The summed E-state index contributed by atoms with van der Waals surface area (Å²) in [4.78, 5) is 7.51. The number of thiazole rings is 1. The van der Waals surface area contributed by atoms with Gasteiger partial charge in [-0.3, -0.25) is 0 Å². The molecule has 5 nitrogen and oxygen atoms in total. The second-order valence-electron chi connectivity index (χ2n) is 8.76. The molecule has 0 spiro atoms. The summed E-state index contributed by atoms with van der Waals surface area (Å²) in [5.41, 5.74) is 7.33. The van der Waals surface area contributed by atoms with Crippen LogP contribution in [0.25, 0.3) is 0 Å². The molecule has 0 amide bonds. The van der Waals surface area contributed by atoms with Crippen molar-refractivity contribution in [2.24, 2.45) is 0 Å². The molecular formula is C25H31N3O2S2. The molecule has 0 atom stereocenters. The summed E-state index contributed by atoms with van der Waals surface area (Å²) in [6, 6.07) is 10.6. The molecule has 0 N–H and O–H groups in total. The van der Waals surface area contributed by atoms with Crippen molar-refractivity contribution in [3.05, 3.63) is 74.8 Å². The van der Waals surface area contributed by atoms with Gasteiger partial charge in [0.2, 0.25) is 10.0 Å². The van der Waals surface area contributed by atoms with Crippen molar-refractivity contribution in [2.45, 2.75) is 45.9 Å². The van der Waals surface area contributed by atoms with Gasteiger partial charge in [0.15, 0.2) is 5.13 Å². The van der Waals surface area contributed by atoms with Crippen molar-refractivity contribution in [1.82, 2.24) is 9.29 Å². The van der Waals surface area contributed by atoms with Gasteiger partial charge in [-0.1, -0.05) is 35.9 Å². The predicted octanol–water partition coefficient (Wildman–Crippen LogP) is 4.79. The van der Waals surface area contributed by atoms with Gasteiger partial charge in [0.25, 0.3) is 0 Å². The number of aryl methyl sites for hydroxylation is 3. The van der Waals surface area contributed by atoms with E-state index in [0.29, 0.717) is 31.1 Å². The molecule has 0 unspecified atom stereocenters. The molecule has 1 fully saturated rings. The van der Waals surface area contributed by atoms with E-state index in [-0.39, 0.29) is 0 Å². The molecule has 2 heterocycles. The number of hydrogen-bond donors (Lipinski definition) is 0. The molecule has 2 aromatic carbocycles. The minimum Gasteiger partial charge on any atom is -0.345 e. The topological polar surface area (TPSA) is 53.5 Å². The van der Waals surface area contributed by atoms with Crippen LogP contribution in [0, 0.1) is 34.6 Å². The van der Waals surface area contributed by atoms with Crippen LogP contribution < -0.4 is 4.90 Å². The Hall–Kier alpha value is -2.22. The van der Waals surface area contributed by atoms with Gasteiger partial charge in [0.05, 0.1) is 10.6 Å². The van der Waals surface area contributed by atoms with Gasteiger partial charge < -0.3 is 4.90 Å². The zero-order valence-corrected chi connectivity index (χ0v) is 21.1. The molecule has 1 aliphatic rings. The second-order valence-corrected chi connectivity index (χ2v) is 11.5. The van der Waals surface area contributed by atoms with Gasteiger partial charge in [-0.25, -0.2) is 13.4 Å². The molecule has 0 bridgehead atoms. The summed E-state index contributed by atoms with van der Waals surface area (Å²) < 4.78 is 28.6. The maximum absolute atomic E-state index is 13.5. The second kappa shape index (κ2) is 8.96. The van der Waals surface area contributed by atoms with E-state index in [0.717, 1.165) is 39.5 Å². The van der Waals surface area contributed by atoms with Crippen LogP contribution in [-0.4, -0.2) is 43.9 Å². The molecule has 32 heavy (non-hydrogen) atoms. The Balaban J connectivity index is 1.46. The Morgan fingerprint density at radius 2 is 1.50 bits per heavy atom. The van der Waals surface area contributed by atoms with Crippen molar-refractivity contribution in [2.75, 3.05) is 31.1 Å². The summed E-state index contributed by atoms with van der Waals surface area (Å²) in [5, 5.41) is 3.09. The summed E-state index contributed by atoms with van der Waals surface area (Å²) in [6.07, 6.45) is 0.816. The highest BCUT2D eigenvalue weighted by Crippen LogP contribution is 2.30. The number of anilines is 1. The van der Waals surface area contributed by atoms with Crippen molar-refractivity contribution in [3.63, 3.8) is 0 Å². The van der Waals surface area contributed by atoms with E-state index in [1.54, 1.807) is 15.6 Å². The fourth-order valence-electron chi connectivity index (χ4n) is 4.25. The smallest absolute Gasteiger partial charge is 0.243 e. The average Bonchev–Trinajstić information content (AvgIpc) is 3.22. The third-order valence-corrected chi connectivity index (χ3v) is 9.57. The standard InChI is InChI=1S/C25H31N3O2S2/c1-17-6-8-22(9-7-17)15-23-16-31-25(26-23)27-10-12-28(13-11-27)32(29,30)24-20(4)18(2)14-19(3)21(24)5/h6-9,14,16H,10-13,15H2,1-5H3. The largest absolute Gasteiger partial charge is 0.345 e. The van der Waals surface area contributed by atoms with Crippen LogP contribution in [0.5, 0.6) is 0 Å². The SMILES string of the molecule is Cc1ccc(Cc2csc(N3CCN(S(=O)(=O)c4c(C)c(C)cc(C)c4C)CC3)n2)cc1. The maximum Gasteiger partial charge on any atom is 0.243 e. The molecule has 170 valence electrons. The lowest BCUT2D eigenvalue weighted by molar-refractivity contribution is 0.384. The van der Waals surface area contributed by atoms with Crippen molar-refractivity contribution >= 4 is 26.5 Å². The first-order chi connectivity index (χ1) is 15.2. The summed E-state index contributed by atoms with van der Waals surface area (Å²) in [5.74, 6) is 0. The van der Waals surface area contributed by atoms with Crippen LogP contribution in [0.3, 0.4) is 0 Å². The minimum absolute atomic E-state index is 0.473. The Morgan fingerprint density at radius 1 is 0.906 bits per heavy atom. The number of rotatable bonds is 5. The zero-order valence-electron chi connectivity index (χ0n) is 19.5. The van der Waals surface area contributed by atoms with Crippen LogP contribution in [0.15, 0.2) is 40.6 Å². The monoisotopic (exact) mass is 469 g/mol. The highest BCUT2D eigenvalue weighted by Gasteiger charge is 2.32. The highest BCUT2D eigenvalue weighted by atomic mass is 32.2. The molecule has 0 radical (unpaired) electrons. The zero-order chi connectivity index (χ0) is 23.0. The van der Waals surface area contributed by atoms with Gasteiger partial charge in [0, 0.05) is 38.0 Å². The van der Waals surface area contributed by atoms with Gasteiger partial charge in [0.1, 0.15) is 0 Å². The molecule has 1 saturated heterocycles. The van der Waals surface area contributed by atoms with E-state index in [2.05, 4.69) is 47.5 Å². The van der Waals surface area contributed by atoms with Crippen LogP contribution in [0.4, 0.5) is 5.13 Å². The van der Waals surface area contributed by atoms with E-state index >= 15 is 0 Å². The Kier molecular flexibility index (Phi) is 6.43. The Morgan fingerprint density at radius 3 is 2.09 bits per heavy atom. The summed E-state index contributed by atoms with van der Waals surface area (Å²) in [7, 11) is -3.52. The number of piperazine rings is 1. The lowest BCUT2D eigenvalue weighted by Gasteiger charge is -2.34. The van der Waals surface area contributed by atoms with Gasteiger partial charge in [-0.05, 0) is 62.4 Å². The normalized spacial score (nSPS) is 15.3. The van der Waals surface area contributed by atoms with Crippen LogP contribution in [-0.2, 0) is 16.4 Å². The third kappa shape index (κ3) is 4.47. The Bertz CT molecular complexity index is 1200. The molecule has 7 heteroatoms. The fraction of sp³-hybridized carbons (Fsp3) is 0.400. The van der Waals surface area contributed by atoms with E-state index in [1.807, 2.05) is 27.7 Å². The molecule has 1 aliphatic heterocycles. The molecule has 4 rings (SSSR count). The van der Waals surface area contributed by atoms with Crippen LogP contribution in [0.1, 0.15) is 39.1 Å². The number of aromatic nitrogens is 1.